The number of carbonyl (C=O) groups excluding carboxylic acids is 3. The summed E-state index contributed by atoms with van der Waals surface area (Å²) in [6, 6.07) is 0. The molecule has 0 atom stereocenters. The molecule has 0 aliphatic carbocycles. The van der Waals surface area contributed by atoms with Crippen molar-refractivity contribution in [2.45, 2.75) is 290 Å². The second kappa shape index (κ2) is 53.0. The minimum atomic E-state index is -0.776. The van der Waals surface area contributed by atoms with Gasteiger partial charge in [-0.1, -0.05) is 230 Å². The Morgan fingerprint density at radius 2 is 0.562 bits per heavy atom. The molecule has 64 heavy (non-hydrogen) atoms. The van der Waals surface area contributed by atoms with Crippen LogP contribution in [-0.2, 0) is 28.6 Å². The van der Waals surface area contributed by atoms with Crippen molar-refractivity contribution in [1.82, 2.24) is 0 Å². The van der Waals surface area contributed by atoms with Crippen LogP contribution in [0, 0.1) is 0 Å². The second-order valence-corrected chi connectivity index (χ2v) is 18.5. The number of unbranched alkanes of at least 4 members (excludes halogenated alkanes) is 31. The number of allylic oxidation sites excluding steroid dienone is 8. The van der Waals surface area contributed by atoms with E-state index in [0.29, 0.717) is 19.3 Å². The molecule has 0 fully saturated rings. The third-order valence-electron chi connectivity index (χ3n) is 12.1. The van der Waals surface area contributed by atoms with E-state index in [-0.39, 0.29) is 31.1 Å². The van der Waals surface area contributed by atoms with Crippen LogP contribution in [0.5, 0.6) is 0 Å². The lowest BCUT2D eigenvalue weighted by Crippen LogP contribution is -2.30. The fourth-order valence-electron chi connectivity index (χ4n) is 7.86. The maximum absolute atomic E-state index is 12.8. The van der Waals surface area contributed by atoms with Crippen molar-refractivity contribution < 1.29 is 28.6 Å². The van der Waals surface area contributed by atoms with Gasteiger partial charge in [-0.3, -0.25) is 14.4 Å². The first-order valence-electron chi connectivity index (χ1n) is 27.6. The first-order valence-corrected chi connectivity index (χ1v) is 27.6. The lowest BCUT2D eigenvalue weighted by Gasteiger charge is -2.18. The van der Waals surface area contributed by atoms with Crippen molar-refractivity contribution in [1.29, 1.82) is 0 Å². The molecule has 372 valence electrons. The highest BCUT2D eigenvalue weighted by molar-refractivity contribution is 5.71. The molecule has 0 spiro atoms. The third-order valence-corrected chi connectivity index (χ3v) is 12.1. The average Bonchev–Trinajstić information content (AvgIpc) is 3.29. The molecular weight excluding hydrogens is 793 g/mol. The molecule has 6 nitrogen and oxygen atoms in total. The zero-order chi connectivity index (χ0) is 46.5. The average molecular weight is 897 g/mol. The van der Waals surface area contributed by atoms with Gasteiger partial charge in [0.25, 0.3) is 0 Å². The van der Waals surface area contributed by atoms with Gasteiger partial charge >= 0.3 is 17.9 Å². The van der Waals surface area contributed by atoms with Crippen LogP contribution in [0.15, 0.2) is 48.6 Å². The van der Waals surface area contributed by atoms with Crippen molar-refractivity contribution in [2.24, 2.45) is 0 Å². The van der Waals surface area contributed by atoms with Crippen molar-refractivity contribution in [2.75, 3.05) is 13.2 Å². The summed E-state index contributed by atoms with van der Waals surface area (Å²) in [5.41, 5.74) is 0. The van der Waals surface area contributed by atoms with E-state index in [1.165, 1.54) is 161 Å². The highest BCUT2D eigenvalue weighted by Crippen LogP contribution is 2.15. The molecule has 0 aliphatic rings. The van der Waals surface area contributed by atoms with Crippen molar-refractivity contribution >= 4 is 17.9 Å². The van der Waals surface area contributed by atoms with Crippen LogP contribution in [0.1, 0.15) is 284 Å². The standard InChI is InChI=1S/C58H104O6/c1-4-7-10-13-16-19-22-25-27-29-31-33-36-38-41-44-47-50-56(59)62-53-55(64-58(61)52-49-46-43-40-35-24-21-18-15-12-9-6-3)54-63-57(60)51-48-45-42-39-37-34-32-30-28-26-23-20-17-14-11-8-5-2/h16-17,19-20,25-28,55H,4-15,18,21-24,29-54H2,1-3H3/b19-16-,20-17-,27-25-,28-26-. The second-order valence-electron chi connectivity index (χ2n) is 18.5. The Morgan fingerprint density at radius 1 is 0.312 bits per heavy atom. The number of hydrogen-bond donors (Lipinski definition) is 0. The molecule has 6 heteroatoms. The molecule has 0 aliphatic heterocycles. The summed E-state index contributed by atoms with van der Waals surface area (Å²) in [5.74, 6) is -0.881. The number of carbonyl (C=O) groups is 3. The van der Waals surface area contributed by atoms with Gasteiger partial charge in [-0.2, -0.15) is 0 Å². The summed E-state index contributed by atoms with van der Waals surface area (Å²) < 4.78 is 16.8. The molecule has 0 heterocycles. The summed E-state index contributed by atoms with van der Waals surface area (Å²) in [4.78, 5) is 38.1. The fourth-order valence-corrected chi connectivity index (χ4v) is 7.86. The van der Waals surface area contributed by atoms with E-state index in [2.05, 4.69) is 69.4 Å². The number of esters is 3. The van der Waals surface area contributed by atoms with Gasteiger partial charge < -0.3 is 14.2 Å². The van der Waals surface area contributed by atoms with Crippen LogP contribution in [0.25, 0.3) is 0 Å². The van der Waals surface area contributed by atoms with E-state index in [1.54, 1.807) is 0 Å². The molecule has 0 N–H and O–H groups in total. The van der Waals surface area contributed by atoms with Gasteiger partial charge in [0.1, 0.15) is 13.2 Å². The molecule has 0 saturated carbocycles. The molecule has 0 saturated heterocycles. The summed E-state index contributed by atoms with van der Waals surface area (Å²) in [6.07, 6.45) is 63.7. The highest BCUT2D eigenvalue weighted by Gasteiger charge is 2.19. The van der Waals surface area contributed by atoms with E-state index >= 15 is 0 Å². The van der Waals surface area contributed by atoms with Gasteiger partial charge in [0.15, 0.2) is 6.10 Å². The molecule has 0 aromatic heterocycles. The lowest BCUT2D eigenvalue weighted by molar-refractivity contribution is -0.167. The lowest BCUT2D eigenvalue weighted by atomic mass is 10.0. The smallest absolute Gasteiger partial charge is 0.306 e. The Balaban J connectivity index is 4.35. The van der Waals surface area contributed by atoms with Crippen molar-refractivity contribution in [3.05, 3.63) is 48.6 Å². The molecular formula is C58H104O6. The van der Waals surface area contributed by atoms with Crippen LogP contribution in [-0.4, -0.2) is 37.2 Å². The maximum atomic E-state index is 12.8. The predicted molar refractivity (Wildman–Crippen MR) is 275 cm³/mol. The van der Waals surface area contributed by atoms with Gasteiger partial charge in [0, 0.05) is 19.3 Å². The first kappa shape index (κ1) is 61.4. The minimum absolute atomic E-state index is 0.0774. The summed E-state index contributed by atoms with van der Waals surface area (Å²) in [6.45, 7) is 6.60. The number of rotatable bonds is 50. The number of hydrogen-bond acceptors (Lipinski definition) is 6. The molecule has 0 aromatic carbocycles. The van der Waals surface area contributed by atoms with Crippen LogP contribution >= 0.6 is 0 Å². The molecule has 0 bridgehead atoms. The molecule has 0 amide bonds. The van der Waals surface area contributed by atoms with E-state index < -0.39 is 6.10 Å². The van der Waals surface area contributed by atoms with Crippen molar-refractivity contribution in [3.8, 4) is 0 Å². The van der Waals surface area contributed by atoms with Gasteiger partial charge in [0.05, 0.1) is 0 Å². The maximum Gasteiger partial charge on any atom is 0.306 e. The summed E-state index contributed by atoms with van der Waals surface area (Å²) in [5, 5.41) is 0. The SMILES string of the molecule is CCCCC/C=C\C/C=C\CCCCCCCCCC(=O)OCC(COC(=O)CCCCCCCCC/C=C\C/C=C\CCCCC)OC(=O)CCCCCCCCCCCCCC. The molecule has 0 aromatic rings. The highest BCUT2D eigenvalue weighted by atomic mass is 16.6. The summed E-state index contributed by atoms with van der Waals surface area (Å²) >= 11 is 0. The third kappa shape index (κ3) is 50.4. The topological polar surface area (TPSA) is 78.9 Å². The zero-order valence-electron chi connectivity index (χ0n) is 42.6. The monoisotopic (exact) mass is 897 g/mol. The molecule has 0 radical (unpaired) electrons. The van der Waals surface area contributed by atoms with E-state index in [0.717, 1.165) is 83.5 Å². The van der Waals surface area contributed by atoms with Gasteiger partial charge in [0.2, 0.25) is 0 Å². The van der Waals surface area contributed by atoms with Gasteiger partial charge in [-0.05, 0) is 83.5 Å². The van der Waals surface area contributed by atoms with Gasteiger partial charge in [-0.15, -0.1) is 0 Å². The zero-order valence-corrected chi connectivity index (χ0v) is 42.6. The van der Waals surface area contributed by atoms with Crippen LogP contribution in [0.4, 0.5) is 0 Å². The Hall–Kier alpha value is -2.63. The normalized spacial score (nSPS) is 11.9. The largest absolute Gasteiger partial charge is 0.462 e. The Kier molecular flexibility index (Phi) is 50.8. The Morgan fingerprint density at radius 3 is 0.891 bits per heavy atom. The number of ether oxygens (including phenoxy) is 3. The van der Waals surface area contributed by atoms with E-state index in [4.69, 9.17) is 14.2 Å². The van der Waals surface area contributed by atoms with Gasteiger partial charge in [-0.25, -0.2) is 0 Å². The van der Waals surface area contributed by atoms with Crippen LogP contribution < -0.4 is 0 Å². The van der Waals surface area contributed by atoms with Crippen LogP contribution in [0.3, 0.4) is 0 Å². The van der Waals surface area contributed by atoms with Crippen LogP contribution in [0.2, 0.25) is 0 Å². The predicted octanol–water partition coefficient (Wildman–Crippen LogP) is 18.3. The quantitative estimate of drug-likeness (QED) is 0.0262. The fraction of sp³-hybridized carbons (Fsp3) is 0.810. The summed E-state index contributed by atoms with van der Waals surface area (Å²) in [7, 11) is 0. The molecule has 0 rings (SSSR count). The Bertz CT molecular complexity index is 1060. The molecule has 0 unspecified atom stereocenters. The van der Waals surface area contributed by atoms with E-state index in [9.17, 15) is 14.4 Å². The first-order chi connectivity index (χ1) is 31.5. The minimum Gasteiger partial charge on any atom is -0.462 e. The van der Waals surface area contributed by atoms with E-state index in [1.807, 2.05) is 0 Å². The van der Waals surface area contributed by atoms with Crippen molar-refractivity contribution in [3.63, 3.8) is 0 Å². The Labute approximate surface area is 397 Å².